The second-order valence-corrected chi connectivity index (χ2v) is 3.81. The Bertz CT molecular complexity index is 524. The number of aliphatic hydroxyl groups excluding tert-OH is 1. The normalized spacial score (nSPS) is 11.9. The average molecular weight is 270 g/mol. The summed E-state index contributed by atoms with van der Waals surface area (Å²) in [5.41, 5.74) is -1.29. The van der Waals surface area contributed by atoms with Gasteiger partial charge in [-0.1, -0.05) is 0 Å². The maximum absolute atomic E-state index is 11.2. The molecule has 104 valence electrons. The molecule has 1 heterocycles. The topological polar surface area (TPSA) is 112 Å². The molecule has 0 saturated carbocycles. The molecule has 8 heteroatoms. The number of nitrogens with zero attached hydrogens (tertiary/aromatic N) is 2. The summed E-state index contributed by atoms with van der Waals surface area (Å²) in [6, 6.07) is 1.04. The highest BCUT2D eigenvalue weighted by molar-refractivity contribution is 5.69. The van der Waals surface area contributed by atoms with Crippen molar-refractivity contribution in [1.82, 2.24) is 4.57 Å². The van der Waals surface area contributed by atoms with Crippen molar-refractivity contribution in [1.29, 1.82) is 0 Å². The quantitative estimate of drug-likeness (QED) is 0.445. The Morgan fingerprint density at radius 2 is 2.32 bits per heavy atom. The number of hydrogen-bond donors (Lipinski definition) is 1. The summed E-state index contributed by atoms with van der Waals surface area (Å²) in [5.74, 6) is -0.550. The van der Waals surface area contributed by atoms with Crippen molar-refractivity contribution in [3.63, 3.8) is 0 Å². The average Bonchev–Trinajstić information content (AvgIpc) is 2.31. The van der Waals surface area contributed by atoms with E-state index in [4.69, 9.17) is 0 Å². The van der Waals surface area contributed by atoms with Gasteiger partial charge < -0.3 is 14.4 Å². The molecule has 0 radical (unpaired) electrons. The Morgan fingerprint density at radius 1 is 1.63 bits per heavy atom. The Kier molecular flexibility index (Phi) is 5.19. The smallest absolute Gasteiger partial charge is 0.332 e. The van der Waals surface area contributed by atoms with Crippen LogP contribution in [0.2, 0.25) is 0 Å². The lowest BCUT2D eigenvalue weighted by Gasteiger charge is -2.12. The summed E-state index contributed by atoms with van der Waals surface area (Å²) < 4.78 is 5.95. The van der Waals surface area contributed by atoms with Gasteiger partial charge in [0.1, 0.15) is 0 Å². The van der Waals surface area contributed by atoms with Gasteiger partial charge in [0, 0.05) is 18.8 Å². The number of nitro groups is 1. The van der Waals surface area contributed by atoms with Gasteiger partial charge in [-0.05, 0) is 6.92 Å². The molecule has 0 aliphatic heterocycles. The van der Waals surface area contributed by atoms with E-state index in [0.717, 1.165) is 12.3 Å². The van der Waals surface area contributed by atoms with Crippen molar-refractivity contribution in [2.45, 2.75) is 26.0 Å². The molecule has 0 aromatic carbocycles. The number of carbonyl (C=O) groups excluding carboxylic acids is 1. The van der Waals surface area contributed by atoms with Gasteiger partial charge in [-0.3, -0.25) is 19.7 Å². The van der Waals surface area contributed by atoms with Gasteiger partial charge in [-0.25, -0.2) is 0 Å². The molecule has 0 amide bonds. The van der Waals surface area contributed by atoms with Gasteiger partial charge in [0.25, 0.3) is 5.43 Å². The molecule has 1 aromatic heterocycles. The van der Waals surface area contributed by atoms with E-state index in [9.17, 15) is 24.8 Å². The first-order chi connectivity index (χ1) is 8.93. The van der Waals surface area contributed by atoms with Crippen LogP contribution in [-0.2, 0) is 16.1 Å². The second-order valence-electron chi connectivity index (χ2n) is 3.81. The van der Waals surface area contributed by atoms with Crippen molar-refractivity contribution in [3.05, 3.63) is 38.8 Å². The first-order valence-corrected chi connectivity index (χ1v) is 5.62. The van der Waals surface area contributed by atoms with E-state index in [0.29, 0.717) is 0 Å². The van der Waals surface area contributed by atoms with E-state index in [1.807, 2.05) is 0 Å². The van der Waals surface area contributed by atoms with E-state index in [-0.39, 0.29) is 19.6 Å². The van der Waals surface area contributed by atoms with Gasteiger partial charge in [0.15, 0.2) is 0 Å². The van der Waals surface area contributed by atoms with E-state index in [2.05, 4.69) is 4.74 Å². The summed E-state index contributed by atoms with van der Waals surface area (Å²) in [4.78, 5) is 32.1. The predicted molar refractivity (Wildman–Crippen MR) is 64.6 cm³/mol. The molecular formula is C11H14N2O6. The molecular weight excluding hydrogens is 256 g/mol. The van der Waals surface area contributed by atoms with Crippen LogP contribution in [0.15, 0.2) is 23.3 Å². The zero-order valence-corrected chi connectivity index (χ0v) is 10.3. The predicted octanol–water partition coefficient (Wildman–Crippen LogP) is 0.0706. The molecule has 19 heavy (non-hydrogen) atoms. The number of rotatable bonds is 6. The van der Waals surface area contributed by atoms with Crippen LogP contribution >= 0.6 is 0 Å². The van der Waals surface area contributed by atoms with Crippen molar-refractivity contribution in [2.24, 2.45) is 0 Å². The van der Waals surface area contributed by atoms with Crippen LogP contribution in [0.25, 0.3) is 0 Å². The van der Waals surface area contributed by atoms with Crippen LogP contribution in [0.5, 0.6) is 0 Å². The minimum Gasteiger partial charge on any atom is -0.466 e. The summed E-state index contributed by atoms with van der Waals surface area (Å²) in [6.07, 6.45) is 1.08. The highest BCUT2D eigenvalue weighted by Gasteiger charge is 2.15. The minimum absolute atomic E-state index is 0.0417. The van der Waals surface area contributed by atoms with Crippen molar-refractivity contribution < 1.29 is 19.6 Å². The first kappa shape index (κ1) is 14.8. The fourth-order valence-corrected chi connectivity index (χ4v) is 1.48. The third-order valence-corrected chi connectivity index (χ3v) is 2.28. The molecule has 8 nitrogen and oxygen atoms in total. The zero-order chi connectivity index (χ0) is 14.4. The fourth-order valence-electron chi connectivity index (χ4n) is 1.48. The molecule has 1 atom stereocenters. The number of aliphatic hydroxyl groups is 1. The number of carbonyl (C=O) groups is 1. The summed E-state index contributed by atoms with van der Waals surface area (Å²) in [5, 5.41) is 20.2. The zero-order valence-electron chi connectivity index (χ0n) is 10.3. The van der Waals surface area contributed by atoms with Crippen molar-refractivity contribution in [3.8, 4) is 0 Å². The number of aromatic nitrogens is 1. The molecule has 1 aromatic rings. The number of esters is 1. The number of pyridine rings is 1. The van der Waals surface area contributed by atoms with Crippen LogP contribution in [0.4, 0.5) is 5.69 Å². The van der Waals surface area contributed by atoms with Crippen LogP contribution in [0.3, 0.4) is 0 Å². The van der Waals surface area contributed by atoms with Gasteiger partial charge in [0.05, 0.1) is 30.3 Å². The minimum atomic E-state index is -1.04. The van der Waals surface area contributed by atoms with Crippen LogP contribution in [0.1, 0.15) is 13.3 Å². The molecule has 0 saturated heterocycles. The molecule has 0 aliphatic rings. The fraction of sp³-hybridized carbons (Fsp3) is 0.455. The lowest BCUT2D eigenvalue weighted by atomic mass is 10.2. The van der Waals surface area contributed by atoms with Gasteiger partial charge in [0.2, 0.25) is 0 Å². The maximum atomic E-state index is 11.2. The summed E-state index contributed by atoms with van der Waals surface area (Å²) in [7, 11) is 0. The SMILES string of the molecule is CCOC(=O)CC(O)Cn1ccc(=O)c([N+](=O)[O-])c1. The maximum Gasteiger partial charge on any atom is 0.332 e. The van der Waals surface area contributed by atoms with Crippen molar-refractivity contribution in [2.75, 3.05) is 6.61 Å². The van der Waals surface area contributed by atoms with Crippen molar-refractivity contribution >= 4 is 11.7 Å². The highest BCUT2D eigenvalue weighted by atomic mass is 16.6. The molecule has 1 N–H and O–H groups in total. The monoisotopic (exact) mass is 270 g/mol. The molecule has 1 unspecified atom stereocenters. The standard InChI is InChI=1S/C11H14N2O6/c1-2-19-11(16)5-8(14)6-12-4-3-10(15)9(7-12)13(17)18/h3-4,7-8,14H,2,5-6H2,1H3. The Morgan fingerprint density at radius 3 is 2.89 bits per heavy atom. The first-order valence-electron chi connectivity index (χ1n) is 5.62. The van der Waals surface area contributed by atoms with Crippen LogP contribution in [0, 0.1) is 10.1 Å². The largest absolute Gasteiger partial charge is 0.466 e. The lowest BCUT2D eigenvalue weighted by Crippen LogP contribution is -2.22. The van der Waals surface area contributed by atoms with E-state index < -0.39 is 28.1 Å². The molecule has 0 fully saturated rings. The highest BCUT2D eigenvalue weighted by Crippen LogP contribution is 2.05. The van der Waals surface area contributed by atoms with Crippen LogP contribution < -0.4 is 5.43 Å². The third-order valence-electron chi connectivity index (χ3n) is 2.28. The van der Waals surface area contributed by atoms with Crippen LogP contribution in [-0.4, -0.2) is 33.3 Å². The van der Waals surface area contributed by atoms with E-state index in [1.54, 1.807) is 6.92 Å². The van der Waals surface area contributed by atoms with Gasteiger partial charge in [-0.15, -0.1) is 0 Å². The van der Waals surface area contributed by atoms with E-state index >= 15 is 0 Å². The molecule has 0 aliphatic carbocycles. The third kappa shape index (κ3) is 4.51. The Hall–Kier alpha value is -2.22. The van der Waals surface area contributed by atoms with Gasteiger partial charge in [-0.2, -0.15) is 0 Å². The summed E-state index contributed by atoms with van der Waals surface area (Å²) >= 11 is 0. The second kappa shape index (κ2) is 6.64. The van der Waals surface area contributed by atoms with Gasteiger partial charge >= 0.3 is 11.7 Å². The Labute approximate surface area is 108 Å². The van der Waals surface area contributed by atoms with E-state index in [1.165, 1.54) is 10.8 Å². The lowest BCUT2D eigenvalue weighted by molar-refractivity contribution is -0.386. The molecule has 1 rings (SSSR count). The Balaban J connectivity index is 2.72. The molecule has 0 bridgehead atoms. The number of hydrogen-bond acceptors (Lipinski definition) is 6. The molecule has 0 spiro atoms. The summed E-state index contributed by atoms with van der Waals surface area (Å²) in [6.45, 7) is 1.82. The number of ether oxygens (including phenoxy) is 1.